The molecular formula is C12H16FO. The van der Waals surface area contributed by atoms with Crippen LogP contribution in [-0.4, -0.2) is 11.7 Å². The molecule has 0 saturated heterocycles. The highest BCUT2D eigenvalue weighted by molar-refractivity contribution is 5.29. The molecule has 1 aromatic carbocycles. The minimum Gasteiger partial charge on any atom is -0.396 e. The van der Waals surface area contributed by atoms with Crippen LogP contribution >= 0.6 is 0 Å². The van der Waals surface area contributed by atoms with Crippen molar-refractivity contribution in [1.29, 1.82) is 0 Å². The number of aryl methyl sites for hydroxylation is 1. The fourth-order valence-corrected chi connectivity index (χ4v) is 1.48. The standard InChI is InChI=1S/C12H16FO/c1-3-5-10-6-4-7-11(12(10)13)9(2)8-14/h4,6-7,9,14H,2-3,5,8H2,1H3. The summed E-state index contributed by atoms with van der Waals surface area (Å²) in [6, 6.07) is 5.28. The molecule has 0 spiro atoms. The number of aliphatic hydroxyl groups is 1. The number of hydrogen-bond donors (Lipinski definition) is 1. The summed E-state index contributed by atoms with van der Waals surface area (Å²) in [6.07, 6.45) is 1.65. The van der Waals surface area contributed by atoms with Crippen molar-refractivity contribution in [3.05, 3.63) is 42.1 Å². The van der Waals surface area contributed by atoms with E-state index in [1.165, 1.54) is 0 Å². The van der Waals surface area contributed by atoms with Gasteiger partial charge in [-0.1, -0.05) is 31.5 Å². The van der Waals surface area contributed by atoms with E-state index in [-0.39, 0.29) is 18.3 Å². The van der Waals surface area contributed by atoms with E-state index in [9.17, 15) is 4.39 Å². The third-order valence-corrected chi connectivity index (χ3v) is 2.29. The monoisotopic (exact) mass is 195 g/mol. The molecule has 0 aliphatic carbocycles. The van der Waals surface area contributed by atoms with E-state index in [0.717, 1.165) is 12.8 Å². The van der Waals surface area contributed by atoms with Crippen LogP contribution in [0.3, 0.4) is 0 Å². The molecule has 0 aliphatic rings. The van der Waals surface area contributed by atoms with Crippen molar-refractivity contribution >= 4 is 0 Å². The van der Waals surface area contributed by atoms with Gasteiger partial charge in [-0.15, -0.1) is 0 Å². The van der Waals surface area contributed by atoms with Crippen LogP contribution in [0, 0.1) is 12.7 Å². The largest absolute Gasteiger partial charge is 0.396 e. The van der Waals surface area contributed by atoms with Crippen molar-refractivity contribution < 1.29 is 9.50 Å². The summed E-state index contributed by atoms with van der Waals surface area (Å²) in [6.45, 7) is 5.59. The fraction of sp³-hybridized carbons (Fsp3) is 0.417. The Balaban J connectivity index is 3.00. The molecule has 14 heavy (non-hydrogen) atoms. The molecule has 2 heteroatoms. The minimum absolute atomic E-state index is 0.119. The Labute approximate surface area is 84.6 Å². The van der Waals surface area contributed by atoms with Gasteiger partial charge in [0.05, 0.1) is 6.61 Å². The number of halogens is 1. The lowest BCUT2D eigenvalue weighted by atomic mass is 9.97. The summed E-state index contributed by atoms with van der Waals surface area (Å²) >= 11 is 0. The van der Waals surface area contributed by atoms with Gasteiger partial charge in [-0.05, 0) is 24.5 Å². The first-order chi connectivity index (χ1) is 6.70. The number of hydrogen-bond acceptors (Lipinski definition) is 1. The Kier molecular flexibility index (Phi) is 4.08. The van der Waals surface area contributed by atoms with Crippen molar-refractivity contribution in [1.82, 2.24) is 0 Å². The highest BCUT2D eigenvalue weighted by Crippen LogP contribution is 2.21. The number of rotatable bonds is 4. The van der Waals surface area contributed by atoms with E-state index >= 15 is 0 Å². The van der Waals surface area contributed by atoms with Crippen LogP contribution in [0.1, 0.15) is 30.4 Å². The summed E-state index contributed by atoms with van der Waals surface area (Å²) in [5.41, 5.74) is 1.23. The van der Waals surface area contributed by atoms with E-state index in [4.69, 9.17) is 5.11 Å². The lowest BCUT2D eigenvalue weighted by molar-refractivity contribution is 0.280. The van der Waals surface area contributed by atoms with Crippen LogP contribution in [0.5, 0.6) is 0 Å². The van der Waals surface area contributed by atoms with Crippen LogP contribution in [-0.2, 0) is 6.42 Å². The SMILES string of the molecule is [CH2]C(CO)c1cccc(CCC)c1F. The van der Waals surface area contributed by atoms with E-state index in [1.54, 1.807) is 12.1 Å². The maximum absolute atomic E-state index is 13.7. The third-order valence-electron chi connectivity index (χ3n) is 2.29. The zero-order chi connectivity index (χ0) is 10.6. The second-order valence-corrected chi connectivity index (χ2v) is 3.45. The zero-order valence-electron chi connectivity index (χ0n) is 8.46. The Morgan fingerprint density at radius 2 is 2.21 bits per heavy atom. The molecule has 1 radical (unpaired) electrons. The van der Waals surface area contributed by atoms with Gasteiger partial charge in [0.1, 0.15) is 5.82 Å². The van der Waals surface area contributed by atoms with Crippen LogP contribution in [0.2, 0.25) is 0 Å². The lowest BCUT2D eigenvalue weighted by Crippen LogP contribution is -2.04. The van der Waals surface area contributed by atoms with Gasteiger partial charge < -0.3 is 5.11 Å². The predicted molar refractivity (Wildman–Crippen MR) is 55.6 cm³/mol. The highest BCUT2D eigenvalue weighted by atomic mass is 19.1. The molecule has 0 heterocycles. The average molecular weight is 195 g/mol. The van der Waals surface area contributed by atoms with Gasteiger partial charge in [0.15, 0.2) is 0 Å². The van der Waals surface area contributed by atoms with Crippen LogP contribution in [0.25, 0.3) is 0 Å². The predicted octanol–water partition coefficient (Wildman–Crippen LogP) is 2.69. The quantitative estimate of drug-likeness (QED) is 0.783. The summed E-state index contributed by atoms with van der Waals surface area (Å²) < 4.78 is 13.7. The van der Waals surface area contributed by atoms with Gasteiger partial charge in [-0.2, -0.15) is 0 Å². The molecule has 0 fully saturated rings. The van der Waals surface area contributed by atoms with Crippen molar-refractivity contribution in [2.45, 2.75) is 25.7 Å². The normalized spacial score (nSPS) is 12.9. The average Bonchev–Trinajstić information content (AvgIpc) is 2.20. The number of benzene rings is 1. The van der Waals surface area contributed by atoms with E-state index in [2.05, 4.69) is 6.92 Å². The van der Waals surface area contributed by atoms with Crippen molar-refractivity contribution in [3.8, 4) is 0 Å². The first kappa shape index (κ1) is 11.2. The van der Waals surface area contributed by atoms with Gasteiger partial charge in [-0.25, -0.2) is 4.39 Å². The molecule has 0 aromatic heterocycles. The summed E-state index contributed by atoms with van der Waals surface area (Å²) in [5, 5.41) is 8.90. The van der Waals surface area contributed by atoms with Gasteiger partial charge >= 0.3 is 0 Å². The lowest BCUT2D eigenvalue weighted by Gasteiger charge is -2.11. The Morgan fingerprint density at radius 3 is 2.79 bits per heavy atom. The fourth-order valence-electron chi connectivity index (χ4n) is 1.48. The molecule has 0 amide bonds. The molecule has 1 N–H and O–H groups in total. The molecular weight excluding hydrogens is 179 g/mol. The molecule has 1 unspecified atom stereocenters. The second-order valence-electron chi connectivity index (χ2n) is 3.45. The van der Waals surface area contributed by atoms with Crippen LogP contribution in [0.4, 0.5) is 4.39 Å². The molecule has 0 aliphatic heterocycles. The molecule has 0 saturated carbocycles. The Bertz CT molecular complexity index is 296. The van der Waals surface area contributed by atoms with E-state index in [1.807, 2.05) is 13.0 Å². The third kappa shape index (κ3) is 2.32. The molecule has 77 valence electrons. The molecule has 1 aromatic rings. The van der Waals surface area contributed by atoms with Crippen molar-refractivity contribution in [2.75, 3.05) is 6.61 Å². The summed E-state index contributed by atoms with van der Waals surface area (Å²) in [4.78, 5) is 0. The summed E-state index contributed by atoms with van der Waals surface area (Å²) in [7, 11) is 0. The maximum atomic E-state index is 13.7. The van der Waals surface area contributed by atoms with Gasteiger partial charge in [0, 0.05) is 5.92 Å². The van der Waals surface area contributed by atoms with Crippen molar-refractivity contribution in [3.63, 3.8) is 0 Å². The zero-order valence-corrected chi connectivity index (χ0v) is 8.46. The second kappa shape index (κ2) is 5.11. The topological polar surface area (TPSA) is 20.2 Å². The number of aliphatic hydroxyl groups excluding tert-OH is 1. The molecule has 0 bridgehead atoms. The Hall–Kier alpha value is -0.890. The van der Waals surface area contributed by atoms with Gasteiger partial charge in [0.2, 0.25) is 0 Å². The van der Waals surface area contributed by atoms with E-state index in [0.29, 0.717) is 11.1 Å². The highest BCUT2D eigenvalue weighted by Gasteiger charge is 2.12. The molecule has 1 nitrogen and oxygen atoms in total. The van der Waals surface area contributed by atoms with Crippen LogP contribution in [0.15, 0.2) is 18.2 Å². The molecule has 1 rings (SSSR count). The van der Waals surface area contributed by atoms with Crippen molar-refractivity contribution in [2.24, 2.45) is 0 Å². The first-order valence-electron chi connectivity index (χ1n) is 4.92. The maximum Gasteiger partial charge on any atom is 0.129 e. The van der Waals surface area contributed by atoms with Crippen LogP contribution < -0.4 is 0 Å². The van der Waals surface area contributed by atoms with Gasteiger partial charge in [0.25, 0.3) is 0 Å². The smallest absolute Gasteiger partial charge is 0.129 e. The summed E-state index contributed by atoms with van der Waals surface area (Å²) in [5.74, 6) is -0.574. The minimum atomic E-state index is -0.369. The van der Waals surface area contributed by atoms with E-state index < -0.39 is 0 Å². The Morgan fingerprint density at radius 1 is 1.50 bits per heavy atom. The van der Waals surface area contributed by atoms with Gasteiger partial charge in [-0.3, -0.25) is 0 Å². The first-order valence-corrected chi connectivity index (χ1v) is 4.92. The molecule has 1 atom stereocenters.